The van der Waals surface area contributed by atoms with E-state index in [1.165, 1.54) is 25.2 Å². The van der Waals surface area contributed by atoms with Gasteiger partial charge in [-0.05, 0) is 11.5 Å². The van der Waals surface area contributed by atoms with E-state index < -0.39 is 42.9 Å². The number of carbonyl (C=O) groups excluding carboxylic acids is 2. The number of carbonyl (C=O) groups is 2. The van der Waals surface area contributed by atoms with Crippen LogP contribution in [0.4, 0.5) is 5.69 Å². The Bertz CT molecular complexity index is 1530. The van der Waals surface area contributed by atoms with Crippen LogP contribution in [0.5, 0.6) is 0 Å². The fraction of sp³-hybridized carbons (Fsp3) is 0.346. The van der Waals surface area contributed by atoms with Crippen LogP contribution in [0.15, 0.2) is 59.5 Å². The lowest BCUT2D eigenvalue weighted by atomic mass is 9.86. The van der Waals surface area contributed by atoms with Gasteiger partial charge in [0.15, 0.2) is 10.6 Å². The van der Waals surface area contributed by atoms with Gasteiger partial charge in [0.05, 0.1) is 17.2 Å². The van der Waals surface area contributed by atoms with Crippen molar-refractivity contribution < 1.29 is 22.9 Å². The first-order chi connectivity index (χ1) is 18.4. The fourth-order valence-corrected chi connectivity index (χ4v) is 6.07. The normalized spacial score (nSPS) is 14.8. The van der Waals surface area contributed by atoms with Gasteiger partial charge in [0.25, 0.3) is 11.6 Å². The Labute approximate surface area is 226 Å². The number of nitrogens with one attached hydrogen (secondary N) is 2. The molecular weight excluding hydrogens is 524 g/mol. The molecule has 13 heteroatoms. The fourth-order valence-electron chi connectivity index (χ4n) is 4.52. The minimum Gasteiger partial charge on any atom is -0.357 e. The van der Waals surface area contributed by atoms with E-state index in [4.69, 9.17) is 0 Å². The van der Waals surface area contributed by atoms with Gasteiger partial charge in [-0.1, -0.05) is 63.2 Å². The van der Waals surface area contributed by atoms with Gasteiger partial charge in [-0.3, -0.25) is 19.7 Å². The minimum absolute atomic E-state index is 0.0154. The monoisotopic (exact) mass is 554 g/mol. The summed E-state index contributed by atoms with van der Waals surface area (Å²) >= 11 is 0. The molecule has 0 fully saturated rings. The maximum absolute atomic E-state index is 13.6. The smallest absolute Gasteiger partial charge is 0.289 e. The Morgan fingerprint density at radius 3 is 2.31 bits per heavy atom. The molecule has 4 rings (SSSR count). The zero-order valence-corrected chi connectivity index (χ0v) is 22.9. The summed E-state index contributed by atoms with van der Waals surface area (Å²) < 4.78 is 30.0. The summed E-state index contributed by atoms with van der Waals surface area (Å²) in [5.74, 6) is -0.534. The molecule has 2 heterocycles. The highest BCUT2D eigenvalue weighted by molar-refractivity contribution is 7.89. The molecule has 1 atom stereocenters. The highest BCUT2D eigenvalue weighted by Gasteiger charge is 2.38. The average molecular weight is 555 g/mol. The van der Waals surface area contributed by atoms with Crippen molar-refractivity contribution in [2.24, 2.45) is 5.41 Å². The first-order valence-corrected chi connectivity index (χ1v) is 13.7. The largest absolute Gasteiger partial charge is 0.357 e. The molecule has 0 bridgehead atoms. The number of hydrogen-bond donors (Lipinski definition) is 2. The van der Waals surface area contributed by atoms with Crippen molar-refractivity contribution in [1.82, 2.24) is 24.5 Å². The van der Waals surface area contributed by atoms with E-state index in [0.717, 1.165) is 15.9 Å². The van der Waals surface area contributed by atoms with E-state index in [2.05, 4.69) is 15.6 Å². The zero-order chi connectivity index (χ0) is 28.5. The zero-order valence-electron chi connectivity index (χ0n) is 22.0. The number of benzene rings is 2. The summed E-state index contributed by atoms with van der Waals surface area (Å²) in [7, 11) is -2.81. The van der Waals surface area contributed by atoms with Crippen LogP contribution >= 0.6 is 0 Å². The number of nitro benzene ring substituents is 1. The molecule has 0 unspecified atom stereocenters. The SMILES string of the molecule is CNC(=O)[C@@H](NC(=O)c1nc(-c2ccccc2)n2c1CN(S(=O)(=O)c1ccccc1[N+](=O)[O-])CC2)C(C)(C)C. The molecule has 2 N–H and O–H groups in total. The molecule has 3 aromatic rings. The number of nitro groups is 1. The van der Waals surface area contributed by atoms with E-state index in [9.17, 15) is 28.1 Å². The van der Waals surface area contributed by atoms with Crippen molar-refractivity contribution in [2.75, 3.05) is 13.6 Å². The van der Waals surface area contributed by atoms with Gasteiger partial charge < -0.3 is 15.2 Å². The number of rotatable bonds is 7. The van der Waals surface area contributed by atoms with Gasteiger partial charge in [0.2, 0.25) is 15.9 Å². The molecule has 1 aliphatic rings. The second-order valence-corrected chi connectivity index (χ2v) is 12.1. The molecule has 12 nitrogen and oxygen atoms in total. The summed E-state index contributed by atoms with van der Waals surface area (Å²) in [4.78, 5) is 41.1. The van der Waals surface area contributed by atoms with E-state index in [1.807, 2.05) is 51.1 Å². The number of aromatic nitrogens is 2. The van der Waals surface area contributed by atoms with E-state index >= 15 is 0 Å². The average Bonchev–Trinajstić information content (AvgIpc) is 3.30. The van der Waals surface area contributed by atoms with Crippen molar-refractivity contribution in [3.63, 3.8) is 0 Å². The lowest BCUT2D eigenvalue weighted by molar-refractivity contribution is -0.387. The Morgan fingerprint density at radius 1 is 1.05 bits per heavy atom. The molecule has 1 aliphatic heterocycles. The van der Waals surface area contributed by atoms with Crippen molar-refractivity contribution in [3.8, 4) is 11.4 Å². The number of imidazole rings is 1. The second kappa shape index (κ2) is 10.6. The Morgan fingerprint density at radius 2 is 1.69 bits per heavy atom. The van der Waals surface area contributed by atoms with E-state index in [1.54, 1.807) is 4.57 Å². The number of nitrogens with zero attached hydrogens (tertiary/aromatic N) is 4. The molecule has 0 radical (unpaired) electrons. The predicted octanol–water partition coefficient (Wildman–Crippen LogP) is 2.55. The van der Waals surface area contributed by atoms with Crippen LogP contribution < -0.4 is 10.6 Å². The first-order valence-electron chi connectivity index (χ1n) is 12.3. The summed E-state index contributed by atoms with van der Waals surface area (Å²) in [6.45, 7) is 5.38. The lowest BCUT2D eigenvalue weighted by Gasteiger charge is -2.30. The highest BCUT2D eigenvalue weighted by Crippen LogP contribution is 2.32. The molecule has 0 saturated heterocycles. The van der Waals surface area contributed by atoms with Crippen molar-refractivity contribution in [3.05, 3.63) is 76.1 Å². The molecule has 39 heavy (non-hydrogen) atoms. The number of fused-ring (bicyclic) bond motifs is 1. The molecule has 0 aliphatic carbocycles. The topological polar surface area (TPSA) is 157 Å². The standard InChI is InChI=1S/C26H30N6O6S/c1-26(2,3)22(25(34)27-4)29-24(33)21-19-16-30(39(37,38)20-13-9-8-12-18(20)32(35)36)14-15-31(19)23(28-21)17-10-6-5-7-11-17/h5-13,22H,14-16H2,1-4H3,(H,27,34)(H,29,33)/t22-/m1/s1. The Balaban J connectivity index is 1.79. The quantitative estimate of drug-likeness (QED) is 0.336. The van der Waals surface area contributed by atoms with Crippen LogP contribution in [-0.4, -0.2) is 58.6 Å². The molecule has 2 aromatic carbocycles. The third-order valence-corrected chi connectivity index (χ3v) is 8.44. The molecule has 2 amide bonds. The highest BCUT2D eigenvalue weighted by atomic mass is 32.2. The summed E-state index contributed by atoms with van der Waals surface area (Å²) in [6, 6.07) is 13.4. The van der Waals surface area contributed by atoms with Gasteiger partial charge in [0.1, 0.15) is 11.9 Å². The number of amides is 2. The van der Waals surface area contributed by atoms with Crippen molar-refractivity contribution >= 4 is 27.5 Å². The van der Waals surface area contributed by atoms with Gasteiger partial charge >= 0.3 is 0 Å². The van der Waals surface area contributed by atoms with Crippen LogP contribution in [-0.2, 0) is 27.9 Å². The molecule has 1 aromatic heterocycles. The number of hydrogen-bond acceptors (Lipinski definition) is 7. The van der Waals surface area contributed by atoms with Gasteiger partial charge in [-0.25, -0.2) is 13.4 Å². The summed E-state index contributed by atoms with van der Waals surface area (Å²) in [6.07, 6.45) is 0. The van der Waals surface area contributed by atoms with Crippen LogP contribution in [0.1, 0.15) is 37.0 Å². The minimum atomic E-state index is -4.29. The Kier molecular flexibility index (Phi) is 7.57. The summed E-state index contributed by atoms with van der Waals surface area (Å²) in [5.41, 5.74) is -0.122. The maximum Gasteiger partial charge on any atom is 0.289 e. The second-order valence-electron chi connectivity index (χ2n) is 10.2. The van der Waals surface area contributed by atoms with Crippen LogP contribution in [0.2, 0.25) is 0 Å². The summed E-state index contributed by atoms with van der Waals surface area (Å²) in [5, 5.41) is 16.9. The molecular formula is C26H30N6O6S. The number of sulfonamides is 1. The molecule has 0 spiro atoms. The number of likely N-dealkylation sites (N-methyl/N-ethyl adjacent to an activating group) is 1. The van der Waals surface area contributed by atoms with Crippen LogP contribution in [0.25, 0.3) is 11.4 Å². The first kappa shape index (κ1) is 27.9. The molecule has 206 valence electrons. The van der Waals surface area contributed by atoms with E-state index in [-0.39, 0.29) is 31.2 Å². The number of para-hydroxylation sites is 1. The predicted molar refractivity (Wildman–Crippen MR) is 143 cm³/mol. The third kappa shape index (κ3) is 5.40. The van der Waals surface area contributed by atoms with E-state index in [0.29, 0.717) is 11.5 Å². The Hall–Kier alpha value is -4.10. The van der Waals surface area contributed by atoms with Gasteiger partial charge in [-0.15, -0.1) is 0 Å². The lowest BCUT2D eigenvalue weighted by Crippen LogP contribution is -2.53. The van der Waals surface area contributed by atoms with Gasteiger partial charge in [-0.2, -0.15) is 4.31 Å². The third-order valence-electron chi connectivity index (χ3n) is 6.55. The maximum atomic E-state index is 13.6. The van der Waals surface area contributed by atoms with Crippen molar-refractivity contribution in [1.29, 1.82) is 0 Å². The van der Waals surface area contributed by atoms with Crippen molar-refractivity contribution in [2.45, 2.75) is 44.8 Å². The molecule has 0 saturated carbocycles. The van der Waals surface area contributed by atoms with Gasteiger partial charge in [0, 0.05) is 31.8 Å². The van der Waals surface area contributed by atoms with Crippen LogP contribution in [0.3, 0.4) is 0 Å². The van der Waals surface area contributed by atoms with Crippen LogP contribution in [0, 0.1) is 15.5 Å².